The lowest BCUT2D eigenvalue weighted by Gasteiger charge is -2.12. The molecule has 0 aliphatic carbocycles. The first kappa shape index (κ1) is 20.6. The second-order valence-corrected chi connectivity index (χ2v) is 6.93. The van der Waals surface area contributed by atoms with Gasteiger partial charge in [0.2, 0.25) is 0 Å². The summed E-state index contributed by atoms with van der Waals surface area (Å²) >= 11 is 0. The Bertz CT molecular complexity index is 1230. The highest BCUT2D eigenvalue weighted by molar-refractivity contribution is 5.92. The third-order valence-corrected chi connectivity index (χ3v) is 4.54. The van der Waals surface area contributed by atoms with Crippen LogP contribution in [0.3, 0.4) is 0 Å². The van der Waals surface area contributed by atoms with Gasteiger partial charge in [-0.25, -0.2) is 4.79 Å². The van der Waals surface area contributed by atoms with Crippen LogP contribution in [0.2, 0.25) is 0 Å². The normalized spacial score (nSPS) is 10.7. The third-order valence-electron chi connectivity index (χ3n) is 4.54. The fourth-order valence-corrected chi connectivity index (χ4v) is 2.96. The average molecular weight is 400 g/mol. The van der Waals surface area contributed by atoms with Crippen LogP contribution in [0.5, 0.6) is 0 Å². The highest BCUT2D eigenvalue weighted by Crippen LogP contribution is 2.18. The van der Waals surface area contributed by atoms with E-state index < -0.39 is 11.5 Å². The molecule has 30 heavy (non-hydrogen) atoms. The molecule has 0 spiro atoms. The molecule has 150 valence electrons. The number of nitriles is 1. The number of rotatable bonds is 5. The van der Waals surface area contributed by atoms with E-state index in [2.05, 4.69) is 5.10 Å². The van der Waals surface area contributed by atoms with Crippen molar-refractivity contribution in [3.8, 4) is 11.8 Å². The minimum atomic E-state index is -1.32. The number of anilines is 1. The highest BCUT2D eigenvalue weighted by Gasteiger charge is 2.21. The van der Waals surface area contributed by atoms with Crippen molar-refractivity contribution in [3.63, 3.8) is 0 Å². The first-order valence-corrected chi connectivity index (χ1v) is 9.15. The van der Waals surface area contributed by atoms with Crippen molar-refractivity contribution in [1.82, 2.24) is 9.78 Å². The number of aromatic nitrogens is 2. The molecule has 0 radical (unpaired) electrons. The van der Waals surface area contributed by atoms with Gasteiger partial charge in [0.05, 0.1) is 5.69 Å². The van der Waals surface area contributed by atoms with Crippen molar-refractivity contribution in [2.24, 2.45) is 0 Å². The van der Waals surface area contributed by atoms with E-state index >= 15 is 0 Å². The summed E-state index contributed by atoms with van der Waals surface area (Å²) in [6.07, 6.45) is 3.10. The number of carboxylic acids is 1. The lowest BCUT2D eigenvalue weighted by molar-refractivity contribution is 0.0688. The Morgan fingerprint density at radius 2 is 1.87 bits per heavy atom. The van der Waals surface area contributed by atoms with Gasteiger partial charge in [-0.15, -0.1) is 0 Å². The Morgan fingerprint density at radius 3 is 2.43 bits per heavy atom. The Hall–Kier alpha value is -4.18. The van der Waals surface area contributed by atoms with Crippen LogP contribution in [0.4, 0.5) is 5.69 Å². The van der Waals surface area contributed by atoms with E-state index in [1.54, 1.807) is 24.3 Å². The van der Waals surface area contributed by atoms with Gasteiger partial charge in [0, 0.05) is 25.3 Å². The highest BCUT2D eigenvalue weighted by atomic mass is 16.4. The first-order chi connectivity index (χ1) is 14.3. The molecule has 0 amide bonds. The summed E-state index contributed by atoms with van der Waals surface area (Å²) in [5, 5.41) is 23.3. The van der Waals surface area contributed by atoms with E-state index in [0.717, 1.165) is 21.5 Å². The number of carboxylic acid groups (broad SMARTS) is 1. The second kappa shape index (κ2) is 8.45. The zero-order chi connectivity index (χ0) is 21.8. The molecule has 7 heteroatoms. The molecule has 0 saturated carbocycles. The predicted molar refractivity (Wildman–Crippen MR) is 116 cm³/mol. The van der Waals surface area contributed by atoms with E-state index in [1.165, 1.54) is 6.08 Å². The summed E-state index contributed by atoms with van der Waals surface area (Å²) in [5.41, 5.74) is 1.75. The van der Waals surface area contributed by atoms with Crippen LogP contribution in [0, 0.1) is 18.3 Å². The molecular formula is C23H20N4O3. The van der Waals surface area contributed by atoms with E-state index in [9.17, 15) is 20.0 Å². The van der Waals surface area contributed by atoms with Crippen molar-refractivity contribution >= 4 is 23.8 Å². The van der Waals surface area contributed by atoms with E-state index in [-0.39, 0.29) is 16.8 Å². The van der Waals surface area contributed by atoms with Gasteiger partial charge in [0.25, 0.3) is 5.56 Å². The molecule has 0 saturated heterocycles. The number of nitrogens with zero attached hydrogens (tertiary/aromatic N) is 4. The Balaban J connectivity index is 2.14. The second-order valence-electron chi connectivity index (χ2n) is 6.93. The van der Waals surface area contributed by atoms with Gasteiger partial charge in [-0.05, 0) is 42.3 Å². The third kappa shape index (κ3) is 4.13. The number of carbonyl (C=O) groups is 1. The lowest BCUT2D eigenvalue weighted by Crippen LogP contribution is -2.28. The van der Waals surface area contributed by atoms with Crippen LogP contribution < -0.4 is 10.5 Å². The maximum Gasteiger partial charge on any atom is 0.357 e. The number of aryl methyl sites for hydroxylation is 1. The van der Waals surface area contributed by atoms with Crippen molar-refractivity contribution in [1.29, 1.82) is 5.26 Å². The molecule has 1 N–H and O–H groups in total. The van der Waals surface area contributed by atoms with Gasteiger partial charge in [0.15, 0.2) is 5.69 Å². The van der Waals surface area contributed by atoms with Crippen LogP contribution in [0.1, 0.15) is 32.7 Å². The monoisotopic (exact) mass is 400 g/mol. The van der Waals surface area contributed by atoms with Gasteiger partial charge in [-0.2, -0.15) is 15.0 Å². The van der Waals surface area contributed by atoms with Crippen molar-refractivity contribution < 1.29 is 9.90 Å². The summed E-state index contributed by atoms with van der Waals surface area (Å²) in [5.74, 6) is -1.32. The van der Waals surface area contributed by atoms with Gasteiger partial charge in [0.1, 0.15) is 11.6 Å². The zero-order valence-corrected chi connectivity index (χ0v) is 16.8. The van der Waals surface area contributed by atoms with Crippen LogP contribution in [0.25, 0.3) is 17.8 Å². The number of aromatic carboxylic acids is 1. The molecular weight excluding hydrogens is 380 g/mol. The predicted octanol–water partition coefficient (Wildman–Crippen LogP) is 3.35. The summed E-state index contributed by atoms with van der Waals surface area (Å²) in [4.78, 5) is 26.7. The topological polar surface area (TPSA) is 99.2 Å². The molecule has 2 aromatic carbocycles. The van der Waals surface area contributed by atoms with E-state index in [0.29, 0.717) is 5.69 Å². The Morgan fingerprint density at radius 1 is 1.17 bits per heavy atom. The molecule has 1 heterocycles. The molecule has 0 aliphatic heterocycles. The summed E-state index contributed by atoms with van der Waals surface area (Å²) in [6, 6.07) is 16.3. The molecule has 0 unspecified atom stereocenters. The van der Waals surface area contributed by atoms with Crippen LogP contribution in [0.15, 0.2) is 53.3 Å². The van der Waals surface area contributed by atoms with Crippen molar-refractivity contribution in [2.75, 3.05) is 19.0 Å². The van der Waals surface area contributed by atoms with Gasteiger partial charge >= 0.3 is 5.97 Å². The van der Waals surface area contributed by atoms with Crippen LogP contribution in [-0.2, 0) is 0 Å². The van der Waals surface area contributed by atoms with Crippen LogP contribution in [-0.4, -0.2) is 35.0 Å². The van der Waals surface area contributed by atoms with Gasteiger partial charge in [-0.1, -0.05) is 36.4 Å². The molecule has 0 bridgehead atoms. The molecule has 3 rings (SSSR count). The molecule has 0 atom stereocenters. The Labute approximate surface area is 173 Å². The SMILES string of the molecule is Cc1cccc(-n2nc(C(=O)O)c(/C=C\c3ccc(N(C)C)cc3)c(C#N)c2=O)c1. The quantitative estimate of drug-likeness (QED) is 0.705. The summed E-state index contributed by atoms with van der Waals surface area (Å²) in [6.45, 7) is 1.84. The minimum Gasteiger partial charge on any atom is -0.476 e. The molecule has 1 aromatic heterocycles. The Kier molecular flexibility index (Phi) is 5.79. The smallest absolute Gasteiger partial charge is 0.357 e. The fourth-order valence-electron chi connectivity index (χ4n) is 2.96. The van der Waals surface area contributed by atoms with E-state index in [4.69, 9.17) is 0 Å². The van der Waals surface area contributed by atoms with Crippen LogP contribution >= 0.6 is 0 Å². The summed E-state index contributed by atoms with van der Waals surface area (Å²) < 4.78 is 0.957. The van der Waals surface area contributed by atoms with Gasteiger partial charge < -0.3 is 10.0 Å². The largest absolute Gasteiger partial charge is 0.476 e. The van der Waals surface area contributed by atoms with E-state index in [1.807, 2.05) is 62.3 Å². The number of hydrogen-bond donors (Lipinski definition) is 1. The van der Waals surface area contributed by atoms with Gasteiger partial charge in [-0.3, -0.25) is 4.79 Å². The molecule has 3 aromatic rings. The molecule has 0 aliphatic rings. The maximum absolute atomic E-state index is 12.9. The lowest BCUT2D eigenvalue weighted by atomic mass is 10.1. The fraction of sp³-hybridized carbons (Fsp3) is 0.130. The standard InChI is InChI=1S/C23H20N4O3/c1-15-5-4-6-18(13-15)27-22(28)20(14-24)19(21(25-27)23(29)30)12-9-16-7-10-17(11-8-16)26(2)3/h4-13H,1-3H3,(H,29,30)/b12-9-. The zero-order valence-electron chi connectivity index (χ0n) is 16.8. The number of benzene rings is 2. The maximum atomic E-state index is 12.9. The van der Waals surface area contributed by atoms with Crippen molar-refractivity contribution in [3.05, 3.63) is 86.8 Å². The molecule has 7 nitrogen and oxygen atoms in total. The first-order valence-electron chi connectivity index (χ1n) is 9.15. The number of hydrogen-bond acceptors (Lipinski definition) is 5. The average Bonchev–Trinajstić information content (AvgIpc) is 2.72. The van der Waals surface area contributed by atoms with Crippen molar-refractivity contribution in [2.45, 2.75) is 6.92 Å². The minimum absolute atomic E-state index is 0.0180. The molecule has 0 fully saturated rings. The summed E-state index contributed by atoms with van der Waals surface area (Å²) in [7, 11) is 3.86.